The summed E-state index contributed by atoms with van der Waals surface area (Å²) in [5, 5.41) is 8.66. The van der Waals surface area contributed by atoms with Gasteiger partial charge in [0.1, 0.15) is 10.7 Å². The molecule has 0 bridgehead atoms. The van der Waals surface area contributed by atoms with E-state index < -0.39 is 15.8 Å². The van der Waals surface area contributed by atoms with E-state index in [0.717, 1.165) is 18.5 Å². The first-order valence-electron chi connectivity index (χ1n) is 7.34. The third kappa shape index (κ3) is 3.60. The Kier molecular flexibility index (Phi) is 4.20. The minimum absolute atomic E-state index is 0.236. The lowest BCUT2D eigenvalue weighted by atomic mass is 10.1. The molecule has 0 unspecified atom stereocenters. The molecule has 1 heterocycles. The molecule has 1 aromatic carbocycles. The van der Waals surface area contributed by atoms with Crippen LogP contribution in [0.4, 0.5) is 4.39 Å². The molecular formula is C16H16FN3O2S. The molecule has 0 spiro atoms. The highest BCUT2D eigenvalue weighted by molar-refractivity contribution is 7.89. The van der Waals surface area contributed by atoms with Crippen LogP contribution in [0.1, 0.15) is 18.5 Å². The van der Waals surface area contributed by atoms with Crippen molar-refractivity contribution in [1.82, 2.24) is 9.71 Å². The molecule has 1 fully saturated rings. The van der Waals surface area contributed by atoms with Gasteiger partial charge in [-0.3, -0.25) is 0 Å². The Labute approximate surface area is 134 Å². The molecule has 2 aromatic rings. The van der Waals surface area contributed by atoms with Crippen molar-refractivity contribution < 1.29 is 12.8 Å². The number of aromatic amines is 1. The molecule has 7 heteroatoms. The van der Waals surface area contributed by atoms with E-state index in [0.29, 0.717) is 23.7 Å². The molecular weight excluding hydrogens is 317 g/mol. The van der Waals surface area contributed by atoms with E-state index in [1.54, 1.807) is 18.2 Å². The summed E-state index contributed by atoms with van der Waals surface area (Å²) < 4.78 is 40.9. The number of benzene rings is 1. The molecule has 120 valence electrons. The highest BCUT2D eigenvalue weighted by Gasteiger charge is 2.26. The topological polar surface area (TPSA) is 85.8 Å². The van der Waals surface area contributed by atoms with Crippen LogP contribution in [-0.2, 0) is 16.4 Å². The summed E-state index contributed by atoms with van der Waals surface area (Å²) in [7, 11) is -3.83. The van der Waals surface area contributed by atoms with Crippen LogP contribution in [0.15, 0.2) is 35.2 Å². The molecule has 1 aliphatic carbocycles. The molecule has 23 heavy (non-hydrogen) atoms. The van der Waals surface area contributed by atoms with Gasteiger partial charge in [0.2, 0.25) is 10.0 Å². The van der Waals surface area contributed by atoms with Gasteiger partial charge in [0.05, 0.1) is 12.5 Å². The van der Waals surface area contributed by atoms with Crippen LogP contribution in [0, 0.1) is 23.1 Å². The normalized spacial score (nSPS) is 14.6. The zero-order valence-corrected chi connectivity index (χ0v) is 13.2. The first kappa shape index (κ1) is 15.7. The van der Waals surface area contributed by atoms with E-state index >= 15 is 0 Å². The van der Waals surface area contributed by atoms with Crippen LogP contribution >= 0.6 is 0 Å². The maximum atomic E-state index is 14.2. The van der Waals surface area contributed by atoms with Crippen LogP contribution < -0.4 is 4.72 Å². The van der Waals surface area contributed by atoms with Gasteiger partial charge in [-0.1, -0.05) is 6.07 Å². The second-order valence-electron chi connectivity index (χ2n) is 5.67. The average Bonchev–Trinajstić information content (AvgIpc) is 3.23. The first-order valence-corrected chi connectivity index (χ1v) is 8.82. The van der Waals surface area contributed by atoms with Crippen LogP contribution in [0.25, 0.3) is 11.3 Å². The Morgan fingerprint density at radius 3 is 2.74 bits per heavy atom. The third-order valence-corrected chi connectivity index (χ3v) is 5.26. The number of rotatable bonds is 6. The Morgan fingerprint density at radius 1 is 1.30 bits per heavy atom. The van der Waals surface area contributed by atoms with Crippen molar-refractivity contribution in [3.63, 3.8) is 0 Å². The largest absolute Gasteiger partial charge is 0.358 e. The summed E-state index contributed by atoms with van der Waals surface area (Å²) in [6.07, 6.45) is 2.27. The highest BCUT2D eigenvalue weighted by atomic mass is 32.2. The van der Waals surface area contributed by atoms with E-state index in [4.69, 9.17) is 5.26 Å². The zero-order chi connectivity index (χ0) is 16.4. The monoisotopic (exact) mass is 333 g/mol. The summed E-state index contributed by atoms with van der Waals surface area (Å²) in [5.74, 6) is -0.410. The molecule has 0 atom stereocenters. The lowest BCUT2D eigenvalue weighted by Gasteiger charge is -2.08. The first-order chi connectivity index (χ1) is 11.0. The van der Waals surface area contributed by atoms with Gasteiger partial charge in [0, 0.05) is 23.5 Å². The molecule has 3 rings (SSSR count). The predicted octanol–water partition coefficient (Wildman–Crippen LogP) is 2.58. The maximum absolute atomic E-state index is 14.2. The van der Waals surface area contributed by atoms with Crippen LogP contribution in [-0.4, -0.2) is 19.9 Å². The lowest BCUT2D eigenvalue weighted by Crippen LogP contribution is -2.26. The molecule has 2 N–H and O–H groups in total. The number of nitriles is 1. The molecule has 0 aliphatic heterocycles. The van der Waals surface area contributed by atoms with Gasteiger partial charge in [-0.05, 0) is 43.0 Å². The minimum Gasteiger partial charge on any atom is -0.358 e. The Hall–Kier alpha value is -2.17. The predicted molar refractivity (Wildman–Crippen MR) is 83.4 cm³/mol. The smallest absolute Gasteiger partial charge is 0.243 e. The summed E-state index contributed by atoms with van der Waals surface area (Å²) in [6, 6.07) is 9.52. The van der Waals surface area contributed by atoms with E-state index in [-0.39, 0.29) is 11.3 Å². The van der Waals surface area contributed by atoms with Crippen molar-refractivity contribution in [1.29, 1.82) is 5.26 Å². The van der Waals surface area contributed by atoms with Gasteiger partial charge in [0.25, 0.3) is 0 Å². The van der Waals surface area contributed by atoms with Crippen molar-refractivity contribution in [2.45, 2.75) is 24.2 Å². The minimum atomic E-state index is -3.83. The number of aromatic nitrogens is 1. The highest BCUT2D eigenvalue weighted by Crippen LogP contribution is 2.29. The van der Waals surface area contributed by atoms with E-state index in [1.165, 1.54) is 12.1 Å². The van der Waals surface area contributed by atoms with Crippen LogP contribution in [0.2, 0.25) is 0 Å². The molecule has 1 saturated carbocycles. The van der Waals surface area contributed by atoms with Gasteiger partial charge in [-0.2, -0.15) is 5.26 Å². The van der Waals surface area contributed by atoms with Crippen molar-refractivity contribution in [2.75, 3.05) is 6.54 Å². The lowest BCUT2D eigenvalue weighted by molar-refractivity contribution is 0.554. The van der Waals surface area contributed by atoms with E-state index in [1.807, 2.05) is 6.07 Å². The Bertz CT molecular complexity index is 864. The third-order valence-electron chi connectivity index (χ3n) is 3.81. The van der Waals surface area contributed by atoms with Gasteiger partial charge < -0.3 is 4.98 Å². The molecule has 0 amide bonds. The average molecular weight is 333 g/mol. The fourth-order valence-electron chi connectivity index (χ4n) is 2.31. The molecule has 5 nitrogen and oxygen atoms in total. The van der Waals surface area contributed by atoms with E-state index in [9.17, 15) is 12.8 Å². The van der Waals surface area contributed by atoms with Gasteiger partial charge in [0.15, 0.2) is 0 Å². The number of nitrogens with zero attached hydrogens (tertiary/aromatic N) is 1. The maximum Gasteiger partial charge on any atom is 0.243 e. The summed E-state index contributed by atoms with van der Waals surface area (Å²) in [4.78, 5) is 2.67. The summed E-state index contributed by atoms with van der Waals surface area (Å²) >= 11 is 0. The fourth-order valence-corrected chi connectivity index (χ4v) is 3.48. The van der Waals surface area contributed by atoms with Crippen LogP contribution in [0.5, 0.6) is 0 Å². The number of sulfonamides is 1. The molecule has 1 aliphatic rings. The SMILES string of the molecule is N#CCc1ccc(-c2ccc(S(=O)(=O)NCC3CC3)c(F)c2)[nH]1. The molecule has 0 radical (unpaired) electrons. The Morgan fingerprint density at radius 2 is 2.09 bits per heavy atom. The second-order valence-corrected chi connectivity index (χ2v) is 7.41. The van der Waals surface area contributed by atoms with Gasteiger partial charge in [-0.25, -0.2) is 17.5 Å². The summed E-state index contributed by atoms with van der Waals surface area (Å²) in [5.41, 5.74) is 1.91. The van der Waals surface area contributed by atoms with E-state index in [2.05, 4.69) is 9.71 Å². The Balaban J connectivity index is 1.83. The van der Waals surface area contributed by atoms with Crippen LogP contribution in [0.3, 0.4) is 0 Å². The van der Waals surface area contributed by atoms with Crippen molar-refractivity contribution in [2.24, 2.45) is 5.92 Å². The van der Waals surface area contributed by atoms with Gasteiger partial charge in [-0.15, -0.1) is 0 Å². The van der Waals surface area contributed by atoms with Crippen molar-refractivity contribution in [3.8, 4) is 17.3 Å². The molecule has 1 aromatic heterocycles. The number of halogens is 1. The number of nitrogens with one attached hydrogen (secondary N) is 2. The molecule has 0 saturated heterocycles. The zero-order valence-electron chi connectivity index (χ0n) is 12.3. The van der Waals surface area contributed by atoms with Crippen molar-refractivity contribution in [3.05, 3.63) is 41.8 Å². The van der Waals surface area contributed by atoms with Crippen molar-refractivity contribution >= 4 is 10.0 Å². The van der Waals surface area contributed by atoms with Gasteiger partial charge >= 0.3 is 0 Å². The summed E-state index contributed by atoms with van der Waals surface area (Å²) in [6.45, 7) is 0.359. The number of H-pyrrole nitrogens is 1. The second kappa shape index (κ2) is 6.14. The standard InChI is InChI=1S/C16H16FN3O2S/c17-14-9-12(15-5-4-13(20-15)7-8-18)3-6-16(14)23(21,22)19-10-11-1-2-11/h3-6,9,11,19-20H,1-2,7,10H2. The fraction of sp³-hybridized carbons (Fsp3) is 0.312. The number of hydrogen-bond donors (Lipinski definition) is 2. The number of hydrogen-bond acceptors (Lipinski definition) is 3. The quantitative estimate of drug-likeness (QED) is 0.852.